The third kappa shape index (κ3) is 3.69. The van der Waals surface area contributed by atoms with E-state index < -0.39 is 0 Å². The van der Waals surface area contributed by atoms with Crippen molar-refractivity contribution in [2.24, 2.45) is 11.8 Å². The highest BCUT2D eigenvalue weighted by molar-refractivity contribution is 4.94. The molecule has 0 spiro atoms. The van der Waals surface area contributed by atoms with Gasteiger partial charge in [-0.1, -0.05) is 39.5 Å². The summed E-state index contributed by atoms with van der Waals surface area (Å²) >= 11 is 0. The van der Waals surface area contributed by atoms with Crippen LogP contribution in [0.1, 0.15) is 59.8 Å². The van der Waals surface area contributed by atoms with Crippen LogP contribution in [0.3, 0.4) is 0 Å². The van der Waals surface area contributed by atoms with Gasteiger partial charge in [-0.25, -0.2) is 0 Å². The van der Waals surface area contributed by atoms with E-state index in [0.717, 1.165) is 18.4 Å². The van der Waals surface area contributed by atoms with Crippen LogP contribution in [-0.4, -0.2) is 25.3 Å². The van der Waals surface area contributed by atoms with Crippen LogP contribution in [0, 0.1) is 11.8 Å². The summed E-state index contributed by atoms with van der Waals surface area (Å²) in [6.07, 6.45) is 6.89. The molecule has 0 bridgehead atoms. The summed E-state index contributed by atoms with van der Waals surface area (Å²) in [5.74, 6) is 1.66. The molecule has 3 unspecified atom stereocenters. The first-order chi connectivity index (χ1) is 8.06. The Labute approximate surface area is 108 Å². The lowest BCUT2D eigenvalue weighted by Gasteiger charge is -2.44. The van der Waals surface area contributed by atoms with Gasteiger partial charge in [0.05, 0.1) is 5.60 Å². The Morgan fingerprint density at radius 3 is 2.41 bits per heavy atom. The zero-order valence-corrected chi connectivity index (χ0v) is 12.4. The molecule has 0 aliphatic heterocycles. The Morgan fingerprint density at radius 1 is 1.24 bits per heavy atom. The molecule has 17 heavy (non-hydrogen) atoms. The van der Waals surface area contributed by atoms with Crippen molar-refractivity contribution in [2.45, 2.75) is 71.4 Å². The highest BCUT2D eigenvalue weighted by atomic mass is 16.5. The molecule has 0 radical (unpaired) electrons. The van der Waals surface area contributed by atoms with E-state index >= 15 is 0 Å². The highest BCUT2D eigenvalue weighted by Gasteiger charge is 2.39. The van der Waals surface area contributed by atoms with Crippen LogP contribution in [0.4, 0.5) is 0 Å². The predicted molar refractivity (Wildman–Crippen MR) is 74.3 cm³/mol. The van der Waals surface area contributed by atoms with Crippen LogP contribution in [0.2, 0.25) is 0 Å². The first kappa shape index (κ1) is 15.0. The summed E-state index contributed by atoms with van der Waals surface area (Å²) in [5.41, 5.74) is -0.0641. The molecule has 0 amide bonds. The van der Waals surface area contributed by atoms with Gasteiger partial charge in [-0.15, -0.1) is 0 Å². The molecule has 0 heterocycles. The molecule has 1 N–H and O–H groups in total. The predicted octanol–water partition coefficient (Wildman–Crippen LogP) is 3.61. The number of likely N-dealkylation sites (N-methyl/N-ethyl adjacent to an activating group) is 1. The van der Waals surface area contributed by atoms with Gasteiger partial charge in [0.1, 0.15) is 0 Å². The first-order valence-corrected chi connectivity index (χ1v) is 7.35. The van der Waals surface area contributed by atoms with E-state index in [1.54, 1.807) is 0 Å². The molecule has 0 aromatic rings. The quantitative estimate of drug-likeness (QED) is 0.767. The number of methoxy groups -OCH3 is 1. The zero-order chi connectivity index (χ0) is 12.9. The van der Waals surface area contributed by atoms with Gasteiger partial charge in [0, 0.05) is 13.2 Å². The van der Waals surface area contributed by atoms with E-state index in [4.69, 9.17) is 4.74 Å². The third-order valence-electron chi connectivity index (χ3n) is 4.62. The minimum atomic E-state index is -0.0641. The average molecular weight is 241 g/mol. The maximum Gasteiger partial charge on any atom is 0.0777 e. The van der Waals surface area contributed by atoms with E-state index in [2.05, 4.69) is 33.0 Å². The summed E-state index contributed by atoms with van der Waals surface area (Å²) in [6.45, 7) is 10.0. The minimum absolute atomic E-state index is 0.0641. The van der Waals surface area contributed by atoms with E-state index in [9.17, 15) is 0 Å². The van der Waals surface area contributed by atoms with Gasteiger partial charge >= 0.3 is 0 Å². The largest absolute Gasteiger partial charge is 0.377 e. The van der Waals surface area contributed by atoms with Crippen molar-refractivity contribution < 1.29 is 4.74 Å². The molecule has 1 aliphatic rings. The van der Waals surface area contributed by atoms with Crippen molar-refractivity contribution in [1.82, 2.24) is 5.32 Å². The number of rotatable bonds is 6. The summed E-state index contributed by atoms with van der Waals surface area (Å²) in [4.78, 5) is 0. The van der Waals surface area contributed by atoms with Crippen LogP contribution in [0.15, 0.2) is 0 Å². The number of hydrogen-bond donors (Lipinski definition) is 1. The fourth-order valence-electron chi connectivity index (χ4n) is 3.44. The molecule has 0 saturated heterocycles. The van der Waals surface area contributed by atoms with Crippen molar-refractivity contribution in [3.05, 3.63) is 0 Å². The molecule has 1 fully saturated rings. The second kappa shape index (κ2) is 6.75. The van der Waals surface area contributed by atoms with E-state index in [1.165, 1.54) is 32.1 Å². The lowest BCUT2D eigenvalue weighted by molar-refractivity contribution is -0.0430. The van der Waals surface area contributed by atoms with Crippen molar-refractivity contribution in [3.8, 4) is 0 Å². The van der Waals surface area contributed by atoms with Crippen molar-refractivity contribution in [1.29, 1.82) is 0 Å². The monoisotopic (exact) mass is 241 g/mol. The lowest BCUT2D eigenvalue weighted by Crippen LogP contribution is -2.54. The SMILES string of the molecule is CCNC(C1CCCCC1CC)C(C)(C)OC. The minimum Gasteiger partial charge on any atom is -0.377 e. The maximum atomic E-state index is 5.74. The fourth-order valence-corrected chi connectivity index (χ4v) is 3.44. The van der Waals surface area contributed by atoms with E-state index in [1.807, 2.05) is 7.11 Å². The zero-order valence-electron chi connectivity index (χ0n) is 12.4. The Morgan fingerprint density at radius 2 is 1.88 bits per heavy atom. The molecule has 3 atom stereocenters. The van der Waals surface area contributed by atoms with Gasteiger partial charge < -0.3 is 10.1 Å². The molecule has 2 nitrogen and oxygen atoms in total. The molecular weight excluding hydrogens is 210 g/mol. The van der Waals surface area contributed by atoms with Crippen molar-refractivity contribution in [3.63, 3.8) is 0 Å². The molecule has 1 aliphatic carbocycles. The van der Waals surface area contributed by atoms with E-state index in [-0.39, 0.29) is 5.60 Å². The van der Waals surface area contributed by atoms with Gasteiger partial charge in [0.2, 0.25) is 0 Å². The van der Waals surface area contributed by atoms with Crippen LogP contribution in [-0.2, 0) is 4.74 Å². The maximum absolute atomic E-state index is 5.74. The second-order valence-corrected chi connectivity index (χ2v) is 5.96. The molecule has 102 valence electrons. The molecule has 1 rings (SSSR count). The third-order valence-corrected chi connectivity index (χ3v) is 4.62. The van der Waals surface area contributed by atoms with Crippen LogP contribution in [0.25, 0.3) is 0 Å². The van der Waals surface area contributed by atoms with Gasteiger partial charge in [-0.3, -0.25) is 0 Å². The Hall–Kier alpha value is -0.0800. The molecule has 0 aromatic carbocycles. The smallest absolute Gasteiger partial charge is 0.0777 e. The summed E-state index contributed by atoms with van der Waals surface area (Å²) < 4.78 is 5.74. The van der Waals surface area contributed by atoms with Crippen LogP contribution >= 0.6 is 0 Å². The Kier molecular flexibility index (Phi) is 5.94. The van der Waals surface area contributed by atoms with Gasteiger partial charge in [-0.2, -0.15) is 0 Å². The Bertz CT molecular complexity index is 215. The van der Waals surface area contributed by atoms with Crippen molar-refractivity contribution in [2.75, 3.05) is 13.7 Å². The molecule has 1 saturated carbocycles. The van der Waals surface area contributed by atoms with Gasteiger partial charge in [0.25, 0.3) is 0 Å². The summed E-state index contributed by atoms with van der Waals surface area (Å²) in [7, 11) is 1.84. The molecule has 2 heteroatoms. The van der Waals surface area contributed by atoms with Gasteiger partial charge in [-0.05, 0) is 38.6 Å². The lowest BCUT2D eigenvalue weighted by atomic mass is 9.70. The first-order valence-electron chi connectivity index (χ1n) is 7.35. The topological polar surface area (TPSA) is 21.3 Å². The normalized spacial score (nSPS) is 28.1. The number of nitrogens with one attached hydrogen (secondary N) is 1. The number of ether oxygens (including phenoxy) is 1. The van der Waals surface area contributed by atoms with E-state index in [0.29, 0.717) is 6.04 Å². The van der Waals surface area contributed by atoms with Gasteiger partial charge in [0.15, 0.2) is 0 Å². The number of hydrogen-bond acceptors (Lipinski definition) is 2. The second-order valence-electron chi connectivity index (χ2n) is 5.96. The molecular formula is C15H31NO. The Balaban J connectivity index is 2.80. The standard InChI is InChI=1S/C15H31NO/c1-6-12-10-8-9-11-13(12)14(16-7-2)15(3,4)17-5/h12-14,16H,6-11H2,1-5H3. The summed E-state index contributed by atoms with van der Waals surface area (Å²) in [5, 5.41) is 3.68. The average Bonchev–Trinajstić information content (AvgIpc) is 2.35. The summed E-state index contributed by atoms with van der Waals surface area (Å²) in [6, 6.07) is 0.489. The molecule has 0 aromatic heterocycles. The van der Waals surface area contributed by atoms with Crippen molar-refractivity contribution >= 4 is 0 Å². The highest BCUT2D eigenvalue weighted by Crippen LogP contribution is 2.38. The van der Waals surface area contributed by atoms with Crippen LogP contribution in [0.5, 0.6) is 0 Å². The fraction of sp³-hybridized carbons (Fsp3) is 1.00. The van der Waals surface area contributed by atoms with Crippen LogP contribution < -0.4 is 5.32 Å².